The fourth-order valence-electron chi connectivity index (χ4n) is 2.92. The number of halogens is 1. The van der Waals surface area contributed by atoms with E-state index in [-0.39, 0.29) is 17.9 Å². The van der Waals surface area contributed by atoms with Crippen LogP contribution in [0.4, 0.5) is 10.1 Å². The highest BCUT2D eigenvalue weighted by atomic mass is 19.1. The fraction of sp³-hybridized carbons (Fsp3) is 0.647. The van der Waals surface area contributed by atoms with Gasteiger partial charge in [-0.2, -0.15) is 0 Å². The van der Waals surface area contributed by atoms with Crippen LogP contribution < -0.4 is 10.2 Å². The van der Waals surface area contributed by atoms with Crippen molar-refractivity contribution in [2.75, 3.05) is 38.6 Å². The molecule has 120 valence electrons. The molecular formula is C17H30FN3. The third-order valence-electron chi connectivity index (χ3n) is 3.78. The predicted octanol–water partition coefficient (Wildman–Crippen LogP) is 3.27. The summed E-state index contributed by atoms with van der Waals surface area (Å²) in [6.45, 7) is 11.0. The number of hydrogen-bond donors (Lipinski definition) is 1. The number of hydrogen-bond acceptors (Lipinski definition) is 3. The second kappa shape index (κ2) is 8.35. The quantitative estimate of drug-likeness (QED) is 0.794. The zero-order valence-corrected chi connectivity index (χ0v) is 14.3. The molecule has 0 aliphatic carbocycles. The van der Waals surface area contributed by atoms with Crippen molar-refractivity contribution in [3.8, 4) is 0 Å². The van der Waals surface area contributed by atoms with Crippen molar-refractivity contribution in [1.29, 1.82) is 0 Å². The lowest BCUT2D eigenvalue weighted by atomic mass is 10.0. The largest absolute Gasteiger partial charge is 0.365 e. The minimum absolute atomic E-state index is 0.135. The molecule has 0 aliphatic heterocycles. The zero-order valence-electron chi connectivity index (χ0n) is 14.3. The van der Waals surface area contributed by atoms with E-state index < -0.39 is 0 Å². The van der Waals surface area contributed by atoms with Crippen molar-refractivity contribution in [3.05, 3.63) is 29.6 Å². The van der Waals surface area contributed by atoms with Crippen LogP contribution in [-0.2, 0) is 0 Å². The lowest BCUT2D eigenvalue weighted by molar-refractivity contribution is 0.371. The van der Waals surface area contributed by atoms with Crippen LogP contribution in [0, 0.1) is 5.82 Å². The average molecular weight is 295 g/mol. The maximum atomic E-state index is 14.5. The Morgan fingerprint density at radius 3 is 2.38 bits per heavy atom. The van der Waals surface area contributed by atoms with Crippen molar-refractivity contribution >= 4 is 5.69 Å². The molecule has 1 aromatic rings. The smallest absolute Gasteiger partial charge is 0.146 e. The maximum absolute atomic E-state index is 14.5. The van der Waals surface area contributed by atoms with Gasteiger partial charge in [0.05, 0.1) is 5.69 Å². The summed E-state index contributed by atoms with van der Waals surface area (Å²) in [5, 5.41) is 3.38. The van der Waals surface area contributed by atoms with Gasteiger partial charge in [0, 0.05) is 25.2 Å². The SMILES string of the molecule is CCNC(C)c1cccc(F)c1N(CC)C(C)CN(C)C. The summed E-state index contributed by atoms with van der Waals surface area (Å²) in [5.74, 6) is -0.135. The normalized spacial score (nSPS) is 14.3. The first-order chi connectivity index (χ1) is 9.92. The molecular weight excluding hydrogens is 265 g/mol. The molecule has 0 aliphatic rings. The molecule has 2 atom stereocenters. The summed E-state index contributed by atoms with van der Waals surface area (Å²) < 4.78 is 14.5. The van der Waals surface area contributed by atoms with Gasteiger partial charge in [0.25, 0.3) is 0 Å². The summed E-state index contributed by atoms with van der Waals surface area (Å²) in [6.07, 6.45) is 0. The van der Waals surface area contributed by atoms with Crippen LogP contribution in [0.2, 0.25) is 0 Å². The molecule has 0 heterocycles. The molecule has 0 spiro atoms. The molecule has 1 N–H and O–H groups in total. The van der Waals surface area contributed by atoms with E-state index in [1.54, 1.807) is 12.1 Å². The van der Waals surface area contributed by atoms with Crippen LogP contribution >= 0.6 is 0 Å². The van der Waals surface area contributed by atoms with E-state index in [0.717, 1.165) is 30.9 Å². The Balaban J connectivity index is 3.18. The van der Waals surface area contributed by atoms with E-state index in [0.29, 0.717) is 0 Å². The Kier molecular flexibility index (Phi) is 7.12. The van der Waals surface area contributed by atoms with E-state index in [2.05, 4.69) is 42.8 Å². The molecule has 0 radical (unpaired) electrons. The zero-order chi connectivity index (χ0) is 16.0. The molecule has 21 heavy (non-hydrogen) atoms. The van der Waals surface area contributed by atoms with Crippen molar-refractivity contribution < 1.29 is 4.39 Å². The molecule has 4 heteroatoms. The van der Waals surface area contributed by atoms with Crippen molar-refractivity contribution in [3.63, 3.8) is 0 Å². The fourth-order valence-corrected chi connectivity index (χ4v) is 2.92. The second-order valence-electron chi connectivity index (χ2n) is 5.85. The standard InChI is InChI=1S/C17H30FN3/c1-7-19-14(4)15-10-9-11-16(18)17(15)21(8-2)13(3)12-20(5)6/h9-11,13-14,19H,7-8,12H2,1-6H3. The molecule has 3 nitrogen and oxygen atoms in total. The van der Waals surface area contributed by atoms with E-state index in [4.69, 9.17) is 0 Å². The number of nitrogens with zero attached hydrogens (tertiary/aromatic N) is 2. The number of para-hydroxylation sites is 1. The highest BCUT2D eigenvalue weighted by Crippen LogP contribution is 2.30. The summed E-state index contributed by atoms with van der Waals surface area (Å²) >= 11 is 0. The first kappa shape index (κ1) is 17.9. The topological polar surface area (TPSA) is 18.5 Å². The van der Waals surface area contributed by atoms with Crippen molar-refractivity contribution in [2.45, 2.75) is 39.8 Å². The Morgan fingerprint density at radius 1 is 1.19 bits per heavy atom. The van der Waals surface area contributed by atoms with Crippen LogP contribution in [0.5, 0.6) is 0 Å². The van der Waals surface area contributed by atoms with Gasteiger partial charge >= 0.3 is 0 Å². The Morgan fingerprint density at radius 2 is 1.86 bits per heavy atom. The Hall–Kier alpha value is -1.13. The van der Waals surface area contributed by atoms with Gasteiger partial charge < -0.3 is 15.1 Å². The lowest BCUT2D eigenvalue weighted by Gasteiger charge is -2.35. The van der Waals surface area contributed by atoms with E-state index in [9.17, 15) is 4.39 Å². The van der Waals surface area contributed by atoms with Crippen LogP contribution in [0.1, 0.15) is 39.3 Å². The molecule has 0 fully saturated rings. The molecule has 0 saturated heterocycles. The van der Waals surface area contributed by atoms with E-state index >= 15 is 0 Å². The van der Waals surface area contributed by atoms with E-state index in [1.165, 1.54) is 0 Å². The summed E-state index contributed by atoms with van der Waals surface area (Å²) in [6, 6.07) is 5.78. The maximum Gasteiger partial charge on any atom is 0.146 e. The predicted molar refractivity (Wildman–Crippen MR) is 89.5 cm³/mol. The summed E-state index contributed by atoms with van der Waals surface area (Å²) in [4.78, 5) is 4.31. The monoisotopic (exact) mass is 295 g/mol. The van der Waals surface area contributed by atoms with Gasteiger partial charge in [0.15, 0.2) is 0 Å². The van der Waals surface area contributed by atoms with Gasteiger partial charge in [0.2, 0.25) is 0 Å². The van der Waals surface area contributed by atoms with Crippen LogP contribution in [0.25, 0.3) is 0 Å². The third-order valence-corrected chi connectivity index (χ3v) is 3.78. The minimum atomic E-state index is -0.135. The van der Waals surface area contributed by atoms with Crippen LogP contribution in [0.3, 0.4) is 0 Å². The van der Waals surface area contributed by atoms with Gasteiger partial charge in [-0.05, 0) is 53.0 Å². The van der Waals surface area contributed by atoms with Gasteiger partial charge in [-0.15, -0.1) is 0 Å². The average Bonchev–Trinajstić information content (AvgIpc) is 2.40. The number of anilines is 1. The number of nitrogens with one attached hydrogen (secondary N) is 1. The third kappa shape index (κ3) is 4.68. The number of rotatable bonds is 8. The second-order valence-corrected chi connectivity index (χ2v) is 5.85. The summed E-state index contributed by atoms with van der Waals surface area (Å²) in [7, 11) is 4.10. The van der Waals surface area contributed by atoms with Crippen LogP contribution in [0.15, 0.2) is 18.2 Å². The molecule has 0 saturated carbocycles. The minimum Gasteiger partial charge on any atom is -0.365 e. The Bertz CT molecular complexity index is 434. The highest BCUT2D eigenvalue weighted by molar-refractivity contribution is 5.57. The Labute approximate surface area is 129 Å². The molecule has 0 aromatic heterocycles. The van der Waals surface area contributed by atoms with Crippen molar-refractivity contribution in [1.82, 2.24) is 10.2 Å². The number of likely N-dealkylation sites (N-methyl/N-ethyl adjacent to an activating group) is 2. The summed E-state index contributed by atoms with van der Waals surface area (Å²) in [5.41, 5.74) is 1.77. The molecule has 0 amide bonds. The molecule has 1 aromatic carbocycles. The molecule has 0 bridgehead atoms. The first-order valence-electron chi connectivity index (χ1n) is 7.85. The first-order valence-corrected chi connectivity index (χ1v) is 7.85. The van der Waals surface area contributed by atoms with Crippen LogP contribution in [-0.4, -0.2) is 44.7 Å². The van der Waals surface area contributed by atoms with Gasteiger partial charge in [-0.25, -0.2) is 4.39 Å². The highest BCUT2D eigenvalue weighted by Gasteiger charge is 2.22. The van der Waals surface area contributed by atoms with Gasteiger partial charge in [0.1, 0.15) is 5.82 Å². The number of benzene rings is 1. The lowest BCUT2D eigenvalue weighted by Crippen LogP contribution is -2.41. The molecule has 1 rings (SSSR count). The van der Waals surface area contributed by atoms with Gasteiger partial charge in [-0.3, -0.25) is 0 Å². The molecule has 2 unspecified atom stereocenters. The van der Waals surface area contributed by atoms with E-state index in [1.807, 2.05) is 20.2 Å². The van der Waals surface area contributed by atoms with Gasteiger partial charge in [-0.1, -0.05) is 19.1 Å². The van der Waals surface area contributed by atoms with Crippen molar-refractivity contribution in [2.24, 2.45) is 0 Å².